The number of guanidine groups is 1. The van der Waals surface area contributed by atoms with Crippen molar-refractivity contribution in [2.45, 2.75) is 44.7 Å². The molecule has 180 valence electrons. The number of halogens is 1. The van der Waals surface area contributed by atoms with Gasteiger partial charge in [0.2, 0.25) is 0 Å². The number of aromatic hydroxyl groups is 1. The zero-order valence-corrected chi connectivity index (χ0v) is 22.0. The lowest BCUT2D eigenvalue weighted by Crippen LogP contribution is -2.44. The highest BCUT2D eigenvalue weighted by Gasteiger charge is 2.25. The smallest absolute Gasteiger partial charge is 0.191 e. The Morgan fingerprint density at radius 1 is 1.12 bits per heavy atom. The van der Waals surface area contributed by atoms with Crippen LogP contribution in [0.5, 0.6) is 17.2 Å². The Labute approximate surface area is 213 Å². The van der Waals surface area contributed by atoms with Crippen molar-refractivity contribution in [3.05, 3.63) is 47.0 Å². The monoisotopic (exact) mass is 566 g/mol. The van der Waals surface area contributed by atoms with Gasteiger partial charge in [0, 0.05) is 62.2 Å². The van der Waals surface area contributed by atoms with Gasteiger partial charge in [-0.2, -0.15) is 0 Å². The van der Waals surface area contributed by atoms with Crippen LogP contribution in [0.15, 0.2) is 35.3 Å². The maximum atomic E-state index is 10.5. The van der Waals surface area contributed by atoms with E-state index in [2.05, 4.69) is 26.6 Å². The molecule has 2 aliphatic rings. The number of phenols is 1. The van der Waals surface area contributed by atoms with E-state index in [1.807, 2.05) is 24.3 Å². The molecule has 1 saturated heterocycles. The van der Waals surface area contributed by atoms with Crippen molar-refractivity contribution in [1.29, 1.82) is 0 Å². The van der Waals surface area contributed by atoms with Crippen molar-refractivity contribution in [2.24, 2.45) is 4.99 Å². The minimum absolute atomic E-state index is 0. The molecule has 1 aliphatic carbocycles. The summed E-state index contributed by atoms with van der Waals surface area (Å²) < 4.78 is 10.8. The van der Waals surface area contributed by atoms with Crippen molar-refractivity contribution in [3.63, 3.8) is 0 Å². The molecule has 1 atom stereocenters. The fourth-order valence-corrected chi connectivity index (χ4v) is 4.74. The highest BCUT2D eigenvalue weighted by molar-refractivity contribution is 14.0. The lowest BCUT2D eigenvalue weighted by molar-refractivity contribution is 0.394. The number of aryl methyl sites for hydroxylation is 1. The summed E-state index contributed by atoms with van der Waals surface area (Å²) in [4.78, 5) is 6.74. The van der Waals surface area contributed by atoms with Crippen molar-refractivity contribution in [2.75, 3.05) is 39.3 Å². The van der Waals surface area contributed by atoms with Crippen molar-refractivity contribution < 1.29 is 14.6 Å². The van der Waals surface area contributed by atoms with E-state index in [0.717, 1.165) is 61.1 Å². The molecular formula is C25H35IN4O3. The van der Waals surface area contributed by atoms with Crippen molar-refractivity contribution >= 4 is 35.6 Å². The van der Waals surface area contributed by atoms with Gasteiger partial charge < -0.3 is 30.1 Å². The minimum atomic E-state index is 0. The second-order valence-electron chi connectivity index (χ2n) is 8.48. The van der Waals surface area contributed by atoms with Crippen LogP contribution in [-0.2, 0) is 19.4 Å². The number of methoxy groups -OCH3 is 2. The second-order valence-corrected chi connectivity index (χ2v) is 8.48. The summed E-state index contributed by atoms with van der Waals surface area (Å²) >= 11 is 0. The Hall–Kier alpha value is -2.36. The first-order valence-corrected chi connectivity index (χ1v) is 11.4. The first-order valence-electron chi connectivity index (χ1n) is 11.4. The predicted octanol–water partition coefficient (Wildman–Crippen LogP) is 3.85. The summed E-state index contributed by atoms with van der Waals surface area (Å²) in [5.41, 5.74) is 4.77. The zero-order chi connectivity index (χ0) is 22.5. The highest BCUT2D eigenvalue weighted by atomic mass is 127. The normalized spacial score (nSPS) is 17.7. The van der Waals surface area contributed by atoms with Crippen LogP contribution >= 0.6 is 24.0 Å². The fraction of sp³-hybridized carbons (Fsp3) is 0.480. The SMILES string of the molecule is CN=C(NCc1c(O)ccc2c1CCCC2)NC1CCN(c2cc(OC)cc(OC)c2)C1.I. The minimum Gasteiger partial charge on any atom is -0.508 e. The topological polar surface area (TPSA) is 78.4 Å². The molecule has 0 saturated carbocycles. The van der Waals surface area contributed by atoms with Crippen LogP contribution in [0.4, 0.5) is 5.69 Å². The molecule has 0 spiro atoms. The van der Waals surface area contributed by atoms with Gasteiger partial charge in [-0.1, -0.05) is 6.07 Å². The maximum Gasteiger partial charge on any atom is 0.191 e. The van der Waals surface area contributed by atoms with Gasteiger partial charge >= 0.3 is 0 Å². The van der Waals surface area contributed by atoms with Crippen LogP contribution in [0.3, 0.4) is 0 Å². The number of nitrogens with one attached hydrogen (secondary N) is 2. The van der Waals surface area contributed by atoms with E-state index in [9.17, 15) is 5.11 Å². The molecule has 0 radical (unpaired) electrons. The van der Waals surface area contributed by atoms with Gasteiger partial charge in [0.05, 0.1) is 14.2 Å². The van der Waals surface area contributed by atoms with Gasteiger partial charge in [-0.15, -0.1) is 24.0 Å². The molecule has 1 fully saturated rings. The van der Waals surface area contributed by atoms with Crippen molar-refractivity contribution in [3.8, 4) is 17.2 Å². The summed E-state index contributed by atoms with van der Waals surface area (Å²) in [5, 5.41) is 17.4. The molecule has 4 rings (SSSR count). The van der Waals surface area contributed by atoms with E-state index in [-0.39, 0.29) is 30.0 Å². The number of rotatable bonds is 6. The molecule has 0 amide bonds. The van der Waals surface area contributed by atoms with Gasteiger partial charge in [-0.3, -0.25) is 4.99 Å². The largest absolute Gasteiger partial charge is 0.508 e. The maximum absolute atomic E-state index is 10.5. The van der Waals surface area contributed by atoms with E-state index in [0.29, 0.717) is 12.3 Å². The molecule has 1 unspecified atom stereocenters. The lowest BCUT2D eigenvalue weighted by Gasteiger charge is -2.23. The third-order valence-corrected chi connectivity index (χ3v) is 6.51. The summed E-state index contributed by atoms with van der Waals surface area (Å²) in [5.74, 6) is 2.71. The average Bonchev–Trinajstić information content (AvgIpc) is 3.30. The molecular weight excluding hydrogens is 531 g/mol. The number of nitrogens with zero attached hydrogens (tertiary/aromatic N) is 2. The molecule has 8 heteroatoms. The predicted molar refractivity (Wildman–Crippen MR) is 144 cm³/mol. The van der Waals surface area contributed by atoms with E-state index in [1.54, 1.807) is 21.3 Å². The van der Waals surface area contributed by atoms with E-state index in [4.69, 9.17) is 9.47 Å². The van der Waals surface area contributed by atoms with Crippen LogP contribution < -0.4 is 25.0 Å². The molecule has 33 heavy (non-hydrogen) atoms. The number of anilines is 1. The van der Waals surface area contributed by atoms with E-state index >= 15 is 0 Å². The number of aliphatic imine (C=N–C) groups is 1. The van der Waals surface area contributed by atoms with Gasteiger partial charge in [0.1, 0.15) is 17.2 Å². The number of fused-ring (bicyclic) bond motifs is 1. The van der Waals surface area contributed by atoms with Gasteiger partial charge in [-0.05, 0) is 49.3 Å². The zero-order valence-electron chi connectivity index (χ0n) is 19.7. The number of benzene rings is 2. The quantitative estimate of drug-likeness (QED) is 0.280. The number of hydrogen-bond acceptors (Lipinski definition) is 5. The first kappa shape index (κ1) is 25.3. The first-order chi connectivity index (χ1) is 15.6. The van der Waals surface area contributed by atoms with Crippen LogP contribution in [0, 0.1) is 0 Å². The molecule has 1 heterocycles. The average molecular weight is 566 g/mol. The third kappa shape index (κ3) is 5.96. The number of phenolic OH excluding ortho intramolecular Hbond substituents is 1. The van der Waals surface area contributed by atoms with Crippen LogP contribution in [-0.4, -0.2) is 51.5 Å². The third-order valence-electron chi connectivity index (χ3n) is 6.51. The van der Waals surface area contributed by atoms with Gasteiger partial charge in [0.15, 0.2) is 5.96 Å². The molecule has 2 aromatic carbocycles. The van der Waals surface area contributed by atoms with E-state index in [1.165, 1.54) is 24.0 Å². The Balaban J connectivity index is 0.00000306. The van der Waals surface area contributed by atoms with Crippen LogP contribution in [0.1, 0.15) is 36.0 Å². The summed E-state index contributed by atoms with van der Waals surface area (Å²) in [7, 11) is 5.13. The molecule has 2 aromatic rings. The van der Waals surface area contributed by atoms with Gasteiger partial charge in [0.25, 0.3) is 0 Å². The summed E-state index contributed by atoms with van der Waals surface area (Å²) in [6.07, 6.45) is 5.55. The lowest BCUT2D eigenvalue weighted by atomic mass is 9.88. The molecule has 0 aromatic heterocycles. The number of hydrogen-bond donors (Lipinski definition) is 3. The Kier molecular flexibility index (Phi) is 8.94. The van der Waals surface area contributed by atoms with Crippen molar-refractivity contribution in [1.82, 2.24) is 10.6 Å². The Bertz CT molecular complexity index is 960. The molecule has 0 bridgehead atoms. The standard InChI is InChI=1S/C25H34N4O3.HI/c1-26-25(27-15-23-22-7-5-4-6-17(22)8-9-24(23)30)28-18-10-11-29(16-18)19-12-20(31-2)14-21(13-19)32-3;/h8-9,12-14,18,30H,4-7,10-11,15-16H2,1-3H3,(H2,26,27,28);1H. The fourth-order valence-electron chi connectivity index (χ4n) is 4.74. The molecule has 7 nitrogen and oxygen atoms in total. The van der Waals surface area contributed by atoms with Crippen LogP contribution in [0.25, 0.3) is 0 Å². The van der Waals surface area contributed by atoms with Gasteiger partial charge in [-0.25, -0.2) is 0 Å². The number of ether oxygens (including phenoxy) is 2. The Morgan fingerprint density at radius 3 is 2.55 bits per heavy atom. The molecule has 1 aliphatic heterocycles. The second kappa shape index (κ2) is 11.7. The Morgan fingerprint density at radius 2 is 1.85 bits per heavy atom. The summed E-state index contributed by atoms with van der Waals surface area (Å²) in [6, 6.07) is 10.1. The van der Waals surface area contributed by atoms with E-state index < -0.39 is 0 Å². The molecule has 3 N–H and O–H groups in total. The highest BCUT2D eigenvalue weighted by Crippen LogP contribution is 2.31. The summed E-state index contributed by atoms with van der Waals surface area (Å²) in [6.45, 7) is 2.37. The van der Waals surface area contributed by atoms with Crippen LogP contribution in [0.2, 0.25) is 0 Å².